The molecule has 0 amide bonds. The number of methoxy groups -OCH3 is 1. The molecule has 0 aliphatic rings. The van der Waals surface area contributed by atoms with E-state index in [9.17, 15) is 0 Å². The monoisotopic (exact) mass is 241 g/mol. The number of nitrogens with one attached hydrogen (secondary N) is 1. The summed E-state index contributed by atoms with van der Waals surface area (Å²) in [5.41, 5.74) is 1.46. The third-order valence-corrected chi connectivity index (χ3v) is 3.64. The van der Waals surface area contributed by atoms with Gasteiger partial charge in [0.2, 0.25) is 0 Å². The Labute approximate surface area is 103 Å². The zero-order chi connectivity index (χ0) is 11.8. The van der Waals surface area contributed by atoms with Gasteiger partial charge in [0.25, 0.3) is 0 Å². The number of thiophene rings is 1. The van der Waals surface area contributed by atoms with Crippen LogP contribution in [0.1, 0.15) is 25.3 Å². The fraction of sp³-hybridized carbons (Fsp3) is 0.692. The van der Waals surface area contributed by atoms with Crippen molar-refractivity contribution in [1.29, 1.82) is 0 Å². The maximum absolute atomic E-state index is 5.17. The Morgan fingerprint density at radius 1 is 1.50 bits per heavy atom. The molecule has 0 bridgehead atoms. The van der Waals surface area contributed by atoms with E-state index in [2.05, 4.69) is 36.1 Å². The Morgan fingerprint density at radius 3 is 2.88 bits per heavy atom. The molecule has 0 radical (unpaired) electrons. The summed E-state index contributed by atoms with van der Waals surface area (Å²) in [6.45, 7) is 3.11. The van der Waals surface area contributed by atoms with E-state index in [1.165, 1.54) is 24.8 Å². The van der Waals surface area contributed by atoms with Crippen LogP contribution in [-0.4, -0.2) is 26.8 Å². The fourth-order valence-corrected chi connectivity index (χ4v) is 2.70. The SMILES string of the molecule is CNC(CCc1ccsc1)CC(C)COC. The van der Waals surface area contributed by atoms with Crippen molar-refractivity contribution < 1.29 is 4.74 Å². The zero-order valence-electron chi connectivity index (χ0n) is 10.5. The van der Waals surface area contributed by atoms with Crippen LogP contribution in [0.3, 0.4) is 0 Å². The summed E-state index contributed by atoms with van der Waals surface area (Å²) in [7, 11) is 3.83. The molecule has 92 valence electrons. The first-order valence-corrected chi connectivity index (χ1v) is 6.87. The van der Waals surface area contributed by atoms with Gasteiger partial charge in [-0.2, -0.15) is 11.3 Å². The molecule has 2 atom stereocenters. The smallest absolute Gasteiger partial charge is 0.0488 e. The molecule has 0 aromatic carbocycles. The van der Waals surface area contributed by atoms with Crippen molar-refractivity contribution in [2.24, 2.45) is 5.92 Å². The molecule has 16 heavy (non-hydrogen) atoms. The highest BCUT2D eigenvalue weighted by Crippen LogP contribution is 2.14. The first-order chi connectivity index (χ1) is 7.76. The van der Waals surface area contributed by atoms with Crippen molar-refractivity contribution >= 4 is 11.3 Å². The highest BCUT2D eigenvalue weighted by molar-refractivity contribution is 7.07. The Morgan fingerprint density at radius 2 is 2.31 bits per heavy atom. The van der Waals surface area contributed by atoms with Gasteiger partial charge >= 0.3 is 0 Å². The topological polar surface area (TPSA) is 21.3 Å². The van der Waals surface area contributed by atoms with E-state index in [1.807, 2.05) is 0 Å². The van der Waals surface area contributed by atoms with Crippen LogP contribution in [0, 0.1) is 5.92 Å². The summed E-state index contributed by atoms with van der Waals surface area (Å²) in [4.78, 5) is 0. The average Bonchev–Trinajstić information content (AvgIpc) is 2.77. The number of rotatable bonds is 8. The molecule has 1 aromatic rings. The summed E-state index contributed by atoms with van der Waals surface area (Å²) in [5, 5.41) is 7.79. The van der Waals surface area contributed by atoms with Crippen molar-refractivity contribution in [1.82, 2.24) is 5.32 Å². The van der Waals surface area contributed by atoms with Gasteiger partial charge in [-0.25, -0.2) is 0 Å². The molecule has 0 aliphatic carbocycles. The minimum absolute atomic E-state index is 0.602. The van der Waals surface area contributed by atoms with Gasteiger partial charge in [-0.1, -0.05) is 6.92 Å². The molecule has 1 rings (SSSR count). The summed E-state index contributed by atoms with van der Waals surface area (Å²) in [6.07, 6.45) is 3.57. The molecular weight excluding hydrogens is 218 g/mol. The van der Waals surface area contributed by atoms with Crippen molar-refractivity contribution in [2.45, 2.75) is 32.2 Å². The number of hydrogen-bond acceptors (Lipinski definition) is 3. The number of ether oxygens (including phenoxy) is 1. The third kappa shape index (κ3) is 5.10. The zero-order valence-corrected chi connectivity index (χ0v) is 11.3. The lowest BCUT2D eigenvalue weighted by atomic mass is 9.98. The van der Waals surface area contributed by atoms with E-state index in [4.69, 9.17) is 4.74 Å². The molecule has 2 nitrogen and oxygen atoms in total. The highest BCUT2D eigenvalue weighted by atomic mass is 32.1. The summed E-state index contributed by atoms with van der Waals surface area (Å²) in [5.74, 6) is 0.630. The van der Waals surface area contributed by atoms with Crippen molar-refractivity contribution in [3.63, 3.8) is 0 Å². The molecule has 0 saturated heterocycles. The van der Waals surface area contributed by atoms with Gasteiger partial charge in [0, 0.05) is 19.8 Å². The molecule has 0 spiro atoms. The standard InChI is InChI=1S/C13H23NOS/c1-11(9-15-3)8-13(14-2)5-4-12-6-7-16-10-12/h6-7,10-11,13-14H,4-5,8-9H2,1-3H3. The second-order valence-corrected chi connectivity index (χ2v) is 5.23. The molecule has 2 unspecified atom stereocenters. The first-order valence-electron chi connectivity index (χ1n) is 5.93. The molecule has 1 aromatic heterocycles. The molecule has 3 heteroatoms. The van der Waals surface area contributed by atoms with Crippen LogP contribution in [0.25, 0.3) is 0 Å². The molecule has 0 aliphatic heterocycles. The largest absolute Gasteiger partial charge is 0.384 e. The van der Waals surface area contributed by atoms with Crippen LogP contribution in [0.4, 0.5) is 0 Å². The molecule has 1 N–H and O–H groups in total. The normalized spacial score (nSPS) is 14.9. The van der Waals surface area contributed by atoms with Crippen LogP contribution >= 0.6 is 11.3 Å². The Bertz CT molecular complexity index is 261. The lowest BCUT2D eigenvalue weighted by molar-refractivity contribution is 0.149. The lowest BCUT2D eigenvalue weighted by Gasteiger charge is -2.19. The Balaban J connectivity index is 2.26. The van der Waals surface area contributed by atoms with Gasteiger partial charge in [0.1, 0.15) is 0 Å². The van der Waals surface area contributed by atoms with E-state index in [0.717, 1.165) is 6.61 Å². The Hall–Kier alpha value is -0.380. The second kappa shape index (κ2) is 7.82. The summed E-state index contributed by atoms with van der Waals surface area (Å²) >= 11 is 1.78. The van der Waals surface area contributed by atoms with Crippen LogP contribution in [0.2, 0.25) is 0 Å². The third-order valence-electron chi connectivity index (χ3n) is 2.91. The van der Waals surface area contributed by atoms with Gasteiger partial charge < -0.3 is 10.1 Å². The van der Waals surface area contributed by atoms with Gasteiger partial charge in [0.05, 0.1) is 0 Å². The van der Waals surface area contributed by atoms with Crippen LogP contribution in [0.15, 0.2) is 16.8 Å². The van der Waals surface area contributed by atoms with E-state index in [1.54, 1.807) is 18.4 Å². The van der Waals surface area contributed by atoms with Crippen molar-refractivity contribution in [2.75, 3.05) is 20.8 Å². The minimum atomic E-state index is 0.602. The van der Waals surface area contributed by atoms with E-state index < -0.39 is 0 Å². The van der Waals surface area contributed by atoms with Gasteiger partial charge in [0.15, 0.2) is 0 Å². The van der Waals surface area contributed by atoms with E-state index in [0.29, 0.717) is 12.0 Å². The molecular formula is C13H23NOS. The van der Waals surface area contributed by atoms with Crippen molar-refractivity contribution in [3.8, 4) is 0 Å². The maximum Gasteiger partial charge on any atom is 0.0488 e. The first kappa shape index (κ1) is 13.7. The van der Waals surface area contributed by atoms with Crippen molar-refractivity contribution in [3.05, 3.63) is 22.4 Å². The van der Waals surface area contributed by atoms with Crippen LogP contribution in [-0.2, 0) is 11.2 Å². The highest BCUT2D eigenvalue weighted by Gasteiger charge is 2.11. The number of hydrogen-bond donors (Lipinski definition) is 1. The predicted octanol–water partition coefficient (Wildman–Crippen LogP) is 2.94. The summed E-state index contributed by atoms with van der Waals surface area (Å²) < 4.78 is 5.17. The fourth-order valence-electron chi connectivity index (χ4n) is 1.99. The predicted molar refractivity (Wildman–Crippen MR) is 71.1 cm³/mol. The molecule has 0 fully saturated rings. The van der Waals surface area contributed by atoms with Crippen LogP contribution < -0.4 is 5.32 Å². The maximum atomic E-state index is 5.17. The average molecular weight is 241 g/mol. The second-order valence-electron chi connectivity index (χ2n) is 4.45. The van der Waals surface area contributed by atoms with Gasteiger partial charge in [-0.15, -0.1) is 0 Å². The van der Waals surface area contributed by atoms with Gasteiger partial charge in [-0.05, 0) is 54.6 Å². The van der Waals surface area contributed by atoms with E-state index in [-0.39, 0.29) is 0 Å². The summed E-state index contributed by atoms with van der Waals surface area (Å²) in [6, 6.07) is 2.82. The minimum Gasteiger partial charge on any atom is -0.384 e. The molecule has 1 heterocycles. The molecule has 0 saturated carbocycles. The number of aryl methyl sites for hydroxylation is 1. The van der Waals surface area contributed by atoms with E-state index >= 15 is 0 Å². The lowest BCUT2D eigenvalue weighted by Crippen LogP contribution is -2.28. The Kier molecular flexibility index (Phi) is 6.69. The quantitative estimate of drug-likeness (QED) is 0.755. The van der Waals surface area contributed by atoms with Gasteiger partial charge in [-0.3, -0.25) is 0 Å². The van der Waals surface area contributed by atoms with Crippen LogP contribution in [0.5, 0.6) is 0 Å².